The Bertz CT molecular complexity index is 834. The second-order valence-electron chi connectivity index (χ2n) is 7.62. The van der Waals surface area contributed by atoms with Gasteiger partial charge in [0.2, 0.25) is 5.91 Å². The number of carbonyl (C=O) groups excluding carboxylic acids is 1. The first kappa shape index (κ1) is 19.5. The molecule has 1 aliphatic heterocycles. The van der Waals surface area contributed by atoms with Crippen LogP contribution in [-0.2, 0) is 18.4 Å². The summed E-state index contributed by atoms with van der Waals surface area (Å²) >= 11 is 0. The second-order valence-corrected chi connectivity index (χ2v) is 7.62. The summed E-state index contributed by atoms with van der Waals surface area (Å²) in [7, 11) is 3.93. The molecule has 148 valence electrons. The van der Waals surface area contributed by atoms with Gasteiger partial charge in [0, 0.05) is 26.7 Å². The Kier molecular flexibility index (Phi) is 6.26. The van der Waals surface area contributed by atoms with Crippen molar-refractivity contribution in [1.29, 1.82) is 0 Å². The lowest BCUT2D eigenvalue weighted by Crippen LogP contribution is -2.43. The molecule has 0 aliphatic carbocycles. The Morgan fingerprint density at radius 3 is 2.78 bits per heavy atom. The molecule has 3 heterocycles. The lowest BCUT2D eigenvalue weighted by Gasteiger charge is -2.34. The number of fused-ring (bicyclic) bond motifs is 1. The molecule has 1 amide bonds. The standard InChI is InChI=1S/C19H30N6O2/c1-4-5-8-22(2)12-15-6-9-24(10-7-15)17(26)13-25-14-20-18-16(19(25)27)11-21-23(18)3/h11,14-15H,4-10,12-13H2,1-3H3. The van der Waals surface area contributed by atoms with E-state index >= 15 is 0 Å². The van der Waals surface area contributed by atoms with Crippen molar-refractivity contribution in [2.45, 2.75) is 39.2 Å². The number of piperidine rings is 1. The SMILES string of the molecule is CCCCN(C)CC1CCN(C(=O)Cn2cnc3c(cnn3C)c2=O)CC1. The van der Waals surface area contributed by atoms with Gasteiger partial charge in [-0.15, -0.1) is 0 Å². The van der Waals surface area contributed by atoms with Gasteiger partial charge in [-0.3, -0.25) is 18.8 Å². The topological polar surface area (TPSA) is 76.3 Å². The lowest BCUT2D eigenvalue weighted by molar-refractivity contribution is -0.133. The van der Waals surface area contributed by atoms with Gasteiger partial charge in [-0.2, -0.15) is 5.10 Å². The number of hydrogen-bond acceptors (Lipinski definition) is 5. The summed E-state index contributed by atoms with van der Waals surface area (Å²) in [6.07, 6.45) is 7.45. The van der Waals surface area contributed by atoms with E-state index in [1.807, 2.05) is 4.90 Å². The molecule has 8 nitrogen and oxygen atoms in total. The average molecular weight is 374 g/mol. The fourth-order valence-electron chi connectivity index (χ4n) is 3.75. The van der Waals surface area contributed by atoms with E-state index in [2.05, 4.69) is 29.0 Å². The quantitative estimate of drug-likeness (QED) is 0.725. The van der Waals surface area contributed by atoms with Crippen LogP contribution in [0.3, 0.4) is 0 Å². The van der Waals surface area contributed by atoms with E-state index in [4.69, 9.17) is 0 Å². The van der Waals surface area contributed by atoms with Gasteiger partial charge in [-0.25, -0.2) is 4.98 Å². The number of carbonyl (C=O) groups is 1. The number of amides is 1. The Balaban J connectivity index is 1.54. The van der Waals surface area contributed by atoms with Gasteiger partial charge in [0.05, 0.1) is 6.20 Å². The van der Waals surface area contributed by atoms with Crippen LogP contribution in [0.2, 0.25) is 0 Å². The van der Waals surface area contributed by atoms with Crippen molar-refractivity contribution in [2.24, 2.45) is 13.0 Å². The van der Waals surface area contributed by atoms with Crippen LogP contribution in [0.4, 0.5) is 0 Å². The molecule has 8 heteroatoms. The van der Waals surface area contributed by atoms with Crippen molar-refractivity contribution in [2.75, 3.05) is 33.2 Å². The lowest BCUT2D eigenvalue weighted by atomic mass is 9.96. The summed E-state index contributed by atoms with van der Waals surface area (Å²) in [4.78, 5) is 33.7. The zero-order valence-corrected chi connectivity index (χ0v) is 16.6. The van der Waals surface area contributed by atoms with Crippen LogP contribution in [0, 0.1) is 5.92 Å². The Labute approximate surface area is 159 Å². The van der Waals surface area contributed by atoms with Crippen LogP contribution in [0.25, 0.3) is 11.0 Å². The van der Waals surface area contributed by atoms with E-state index in [1.165, 1.54) is 29.9 Å². The van der Waals surface area contributed by atoms with E-state index in [0.717, 1.165) is 39.0 Å². The van der Waals surface area contributed by atoms with E-state index in [-0.39, 0.29) is 18.0 Å². The number of unbranched alkanes of at least 4 members (excludes halogenated alkanes) is 1. The van der Waals surface area contributed by atoms with Crippen LogP contribution in [-0.4, -0.2) is 68.3 Å². The molecule has 0 saturated carbocycles. The van der Waals surface area contributed by atoms with Crippen LogP contribution in [0.1, 0.15) is 32.6 Å². The maximum absolute atomic E-state index is 12.6. The molecule has 1 saturated heterocycles. The van der Waals surface area contributed by atoms with Crippen molar-refractivity contribution < 1.29 is 4.79 Å². The molecular weight excluding hydrogens is 344 g/mol. The summed E-state index contributed by atoms with van der Waals surface area (Å²) < 4.78 is 2.95. The third-order valence-corrected chi connectivity index (χ3v) is 5.45. The first-order chi connectivity index (χ1) is 13.0. The van der Waals surface area contributed by atoms with Crippen LogP contribution >= 0.6 is 0 Å². The highest BCUT2D eigenvalue weighted by Gasteiger charge is 2.24. The molecule has 1 fully saturated rings. The van der Waals surface area contributed by atoms with Gasteiger partial charge in [-0.1, -0.05) is 13.3 Å². The van der Waals surface area contributed by atoms with Crippen molar-refractivity contribution >= 4 is 16.9 Å². The minimum atomic E-state index is -0.214. The molecule has 0 N–H and O–H groups in total. The number of aryl methyl sites for hydroxylation is 1. The molecule has 0 atom stereocenters. The van der Waals surface area contributed by atoms with E-state index in [9.17, 15) is 9.59 Å². The van der Waals surface area contributed by atoms with Gasteiger partial charge in [0.25, 0.3) is 5.56 Å². The number of rotatable bonds is 7. The highest BCUT2D eigenvalue weighted by Crippen LogP contribution is 2.18. The largest absolute Gasteiger partial charge is 0.341 e. The molecule has 0 bridgehead atoms. The summed E-state index contributed by atoms with van der Waals surface area (Å²) in [6.45, 7) is 6.03. The summed E-state index contributed by atoms with van der Waals surface area (Å²) in [5, 5.41) is 4.50. The smallest absolute Gasteiger partial charge is 0.264 e. The summed E-state index contributed by atoms with van der Waals surface area (Å²) in [5.74, 6) is 0.631. The molecule has 0 unspecified atom stereocenters. The van der Waals surface area contributed by atoms with Gasteiger partial charge in [0.1, 0.15) is 18.3 Å². The molecule has 2 aromatic rings. The molecule has 27 heavy (non-hydrogen) atoms. The average Bonchev–Trinajstić information content (AvgIpc) is 3.04. The molecular formula is C19H30N6O2. The Hall–Kier alpha value is -2.22. The maximum atomic E-state index is 12.6. The minimum Gasteiger partial charge on any atom is -0.341 e. The third-order valence-electron chi connectivity index (χ3n) is 5.45. The minimum absolute atomic E-state index is 0.0140. The molecule has 0 spiro atoms. The first-order valence-electron chi connectivity index (χ1n) is 9.83. The van der Waals surface area contributed by atoms with Crippen molar-refractivity contribution in [3.63, 3.8) is 0 Å². The van der Waals surface area contributed by atoms with Crippen molar-refractivity contribution in [1.82, 2.24) is 29.1 Å². The van der Waals surface area contributed by atoms with Gasteiger partial charge < -0.3 is 9.80 Å². The normalized spacial score (nSPS) is 15.8. The zero-order chi connectivity index (χ0) is 19.4. The molecule has 0 aromatic carbocycles. The van der Waals surface area contributed by atoms with E-state index in [0.29, 0.717) is 17.0 Å². The second kappa shape index (κ2) is 8.65. The molecule has 0 radical (unpaired) electrons. The van der Waals surface area contributed by atoms with E-state index in [1.54, 1.807) is 11.7 Å². The fraction of sp³-hybridized carbons (Fsp3) is 0.684. The first-order valence-corrected chi connectivity index (χ1v) is 9.83. The Morgan fingerprint density at radius 2 is 2.07 bits per heavy atom. The third kappa shape index (κ3) is 4.55. The van der Waals surface area contributed by atoms with Crippen LogP contribution in [0.5, 0.6) is 0 Å². The number of aromatic nitrogens is 4. The fourth-order valence-corrected chi connectivity index (χ4v) is 3.75. The molecule has 1 aliphatic rings. The maximum Gasteiger partial charge on any atom is 0.264 e. The summed E-state index contributed by atoms with van der Waals surface area (Å²) in [5.41, 5.74) is 0.325. The van der Waals surface area contributed by atoms with Crippen molar-refractivity contribution in [3.05, 3.63) is 22.9 Å². The number of hydrogen-bond donors (Lipinski definition) is 0. The van der Waals surface area contributed by atoms with Crippen molar-refractivity contribution in [3.8, 4) is 0 Å². The predicted octanol–water partition coefficient (Wildman–Crippen LogP) is 1.10. The summed E-state index contributed by atoms with van der Waals surface area (Å²) in [6, 6.07) is 0. The van der Waals surface area contributed by atoms with Gasteiger partial charge in [-0.05, 0) is 38.8 Å². The van der Waals surface area contributed by atoms with Gasteiger partial charge >= 0.3 is 0 Å². The van der Waals surface area contributed by atoms with Crippen LogP contribution < -0.4 is 5.56 Å². The monoisotopic (exact) mass is 374 g/mol. The zero-order valence-electron chi connectivity index (χ0n) is 16.6. The van der Waals surface area contributed by atoms with Gasteiger partial charge in [0.15, 0.2) is 5.65 Å². The van der Waals surface area contributed by atoms with Crippen LogP contribution in [0.15, 0.2) is 17.3 Å². The van der Waals surface area contributed by atoms with E-state index < -0.39 is 0 Å². The molecule has 3 rings (SSSR count). The molecule has 2 aromatic heterocycles. The number of likely N-dealkylation sites (tertiary alicyclic amines) is 1. The Morgan fingerprint density at radius 1 is 1.33 bits per heavy atom. The highest BCUT2D eigenvalue weighted by molar-refractivity contribution is 5.77. The predicted molar refractivity (Wildman–Crippen MR) is 104 cm³/mol. The highest BCUT2D eigenvalue weighted by atomic mass is 16.2. The number of nitrogens with zero attached hydrogens (tertiary/aromatic N) is 6.